The summed E-state index contributed by atoms with van der Waals surface area (Å²) in [5, 5.41) is 8.79. The van der Waals surface area contributed by atoms with Gasteiger partial charge in [0.15, 0.2) is 0 Å². The number of aromatic carboxylic acids is 1. The van der Waals surface area contributed by atoms with Crippen molar-refractivity contribution >= 4 is 21.7 Å². The van der Waals surface area contributed by atoms with Crippen LogP contribution in [-0.4, -0.2) is 19.5 Å². The number of benzene rings is 2. The lowest BCUT2D eigenvalue weighted by Gasteiger charge is -2.08. The first-order chi connectivity index (χ1) is 9.40. The van der Waals surface area contributed by atoms with E-state index in [9.17, 15) is 17.6 Å². The van der Waals surface area contributed by atoms with Crippen LogP contribution in [0.2, 0.25) is 0 Å². The highest BCUT2D eigenvalue weighted by molar-refractivity contribution is 7.92. The zero-order valence-corrected chi connectivity index (χ0v) is 10.9. The van der Waals surface area contributed by atoms with Crippen molar-refractivity contribution in [2.75, 3.05) is 4.72 Å². The van der Waals surface area contributed by atoms with E-state index in [2.05, 4.69) is 4.72 Å². The first kappa shape index (κ1) is 14.0. The first-order valence-corrected chi connectivity index (χ1v) is 6.99. The molecule has 0 unspecified atom stereocenters. The minimum Gasteiger partial charge on any atom is -0.478 e. The Morgan fingerprint density at radius 3 is 2.35 bits per heavy atom. The Morgan fingerprint density at radius 2 is 1.75 bits per heavy atom. The lowest BCUT2D eigenvalue weighted by molar-refractivity contribution is 0.0691. The molecule has 0 radical (unpaired) electrons. The van der Waals surface area contributed by atoms with Crippen molar-refractivity contribution in [3.8, 4) is 0 Å². The number of rotatable bonds is 4. The highest BCUT2D eigenvalue weighted by Crippen LogP contribution is 2.18. The number of sulfonamides is 1. The van der Waals surface area contributed by atoms with Crippen molar-refractivity contribution in [1.82, 2.24) is 0 Å². The van der Waals surface area contributed by atoms with Crippen molar-refractivity contribution in [3.05, 3.63) is 59.9 Å². The number of halogens is 1. The highest BCUT2D eigenvalue weighted by Gasteiger charge is 2.19. The summed E-state index contributed by atoms with van der Waals surface area (Å²) in [5.41, 5.74) is -0.366. The van der Waals surface area contributed by atoms with Crippen LogP contribution in [0.25, 0.3) is 0 Å². The topological polar surface area (TPSA) is 83.5 Å². The molecule has 7 heteroatoms. The normalized spacial score (nSPS) is 11.1. The van der Waals surface area contributed by atoms with E-state index in [4.69, 9.17) is 5.11 Å². The van der Waals surface area contributed by atoms with Gasteiger partial charge < -0.3 is 5.11 Å². The Balaban J connectivity index is 2.40. The smallest absolute Gasteiger partial charge is 0.338 e. The van der Waals surface area contributed by atoms with Crippen LogP contribution in [0.5, 0.6) is 0 Å². The standard InChI is InChI=1S/C13H10FNO4S/c14-12-7-6-10(8-11(12)13(16)17)20(18,19)15-9-4-2-1-3-5-9/h1-8,15H,(H,16,17). The molecule has 0 atom stereocenters. The van der Waals surface area contributed by atoms with E-state index in [1.54, 1.807) is 30.3 Å². The summed E-state index contributed by atoms with van der Waals surface area (Å²) in [6, 6.07) is 10.7. The van der Waals surface area contributed by atoms with Crippen LogP contribution in [0.3, 0.4) is 0 Å². The van der Waals surface area contributed by atoms with E-state index in [0.717, 1.165) is 18.2 Å². The van der Waals surface area contributed by atoms with Crippen LogP contribution in [-0.2, 0) is 10.0 Å². The SMILES string of the molecule is O=C(O)c1cc(S(=O)(=O)Nc2ccccc2)ccc1F. The summed E-state index contributed by atoms with van der Waals surface area (Å²) in [4.78, 5) is 10.5. The van der Waals surface area contributed by atoms with Gasteiger partial charge in [0.25, 0.3) is 10.0 Å². The average molecular weight is 295 g/mol. The Hall–Kier alpha value is -2.41. The molecule has 2 N–H and O–H groups in total. The van der Waals surface area contributed by atoms with Gasteiger partial charge in [-0.1, -0.05) is 18.2 Å². The predicted octanol–water partition coefficient (Wildman–Crippen LogP) is 2.32. The van der Waals surface area contributed by atoms with Gasteiger partial charge in [-0.2, -0.15) is 0 Å². The quantitative estimate of drug-likeness (QED) is 0.906. The van der Waals surface area contributed by atoms with Crippen molar-refractivity contribution in [2.24, 2.45) is 0 Å². The lowest BCUT2D eigenvalue weighted by Crippen LogP contribution is -2.14. The van der Waals surface area contributed by atoms with Crippen LogP contribution in [0, 0.1) is 5.82 Å². The molecule has 0 aliphatic carbocycles. The molecular weight excluding hydrogens is 285 g/mol. The summed E-state index contributed by atoms with van der Waals surface area (Å²) < 4.78 is 39.6. The molecule has 20 heavy (non-hydrogen) atoms. The molecule has 0 spiro atoms. The molecule has 0 aromatic heterocycles. The molecular formula is C13H10FNO4S. The van der Waals surface area contributed by atoms with Gasteiger partial charge in [-0.25, -0.2) is 17.6 Å². The molecule has 0 saturated heterocycles. The second kappa shape index (κ2) is 5.30. The number of para-hydroxylation sites is 1. The van der Waals surface area contributed by atoms with Crippen LogP contribution in [0.15, 0.2) is 53.4 Å². The van der Waals surface area contributed by atoms with Crippen molar-refractivity contribution < 1.29 is 22.7 Å². The van der Waals surface area contributed by atoms with Gasteiger partial charge in [0.1, 0.15) is 5.82 Å². The Labute approximate surface area is 114 Å². The Kier molecular flexibility index (Phi) is 3.71. The maximum Gasteiger partial charge on any atom is 0.338 e. The third-order valence-electron chi connectivity index (χ3n) is 2.50. The Bertz CT molecular complexity index is 744. The molecule has 2 aromatic rings. The number of nitrogens with one attached hydrogen (secondary N) is 1. The molecule has 0 saturated carbocycles. The van der Waals surface area contributed by atoms with Gasteiger partial charge in [-0.3, -0.25) is 4.72 Å². The van der Waals surface area contributed by atoms with Gasteiger partial charge in [-0.15, -0.1) is 0 Å². The maximum absolute atomic E-state index is 13.2. The third-order valence-corrected chi connectivity index (χ3v) is 3.88. The monoisotopic (exact) mass is 295 g/mol. The van der Waals surface area contributed by atoms with E-state index in [0.29, 0.717) is 5.69 Å². The van der Waals surface area contributed by atoms with Crippen molar-refractivity contribution in [3.63, 3.8) is 0 Å². The number of hydrogen-bond acceptors (Lipinski definition) is 3. The summed E-state index contributed by atoms with van der Waals surface area (Å²) in [6.07, 6.45) is 0. The number of anilines is 1. The van der Waals surface area contributed by atoms with E-state index < -0.39 is 27.4 Å². The molecule has 104 valence electrons. The highest BCUT2D eigenvalue weighted by atomic mass is 32.2. The van der Waals surface area contributed by atoms with E-state index in [-0.39, 0.29) is 4.90 Å². The van der Waals surface area contributed by atoms with Gasteiger partial charge >= 0.3 is 5.97 Å². The summed E-state index contributed by atoms with van der Waals surface area (Å²) in [7, 11) is -3.97. The van der Waals surface area contributed by atoms with Crippen LogP contribution < -0.4 is 4.72 Å². The number of carboxylic acid groups (broad SMARTS) is 1. The third kappa shape index (κ3) is 2.94. The molecule has 2 rings (SSSR count). The molecule has 0 amide bonds. The average Bonchev–Trinajstić information content (AvgIpc) is 2.39. The predicted molar refractivity (Wildman–Crippen MR) is 70.6 cm³/mol. The van der Waals surface area contributed by atoms with Gasteiger partial charge in [0, 0.05) is 5.69 Å². The zero-order valence-electron chi connectivity index (χ0n) is 10.1. The minimum absolute atomic E-state index is 0.319. The second-order valence-corrected chi connectivity index (χ2v) is 5.60. The molecule has 5 nitrogen and oxygen atoms in total. The number of hydrogen-bond donors (Lipinski definition) is 2. The zero-order chi connectivity index (χ0) is 14.8. The van der Waals surface area contributed by atoms with E-state index in [1.807, 2.05) is 0 Å². The van der Waals surface area contributed by atoms with Crippen LogP contribution >= 0.6 is 0 Å². The van der Waals surface area contributed by atoms with Gasteiger partial charge in [-0.05, 0) is 30.3 Å². The van der Waals surface area contributed by atoms with Crippen molar-refractivity contribution in [1.29, 1.82) is 0 Å². The lowest BCUT2D eigenvalue weighted by atomic mass is 10.2. The number of carboxylic acids is 1. The maximum atomic E-state index is 13.2. The molecule has 2 aromatic carbocycles. The fourth-order valence-electron chi connectivity index (χ4n) is 1.56. The van der Waals surface area contributed by atoms with Gasteiger partial charge in [0.05, 0.1) is 10.5 Å². The first-order valence-electron chi connectivity index (χ1n) is 5.51. The van der Waals surface area contributed by atoms with E-state index >= 15 is 0 Å². The minimum atomic E-state index is -3.97. The second-order valence-electron chi connectivity index (χ2n) is 3.92. The number of carbonyl (C=O) groups is 1. The largest absolute Gasteiger partial charge is 0.478 e. The van der Waals surface area contributed by atoms with Crippen molar-refractivity contribution in [2.45, 2.75) is 4.90 Å². The molecule has 0 fully saturated rings. The summed E-state index contributed by atoms with van der Waals surface area (Å²) >= 11 is 0. The molecule has 0 aliphatic heterocycles. The molecule has 0 aliphatic rings. The fourth-order valence-corrected chi connectivity index (χ4v) is 2.64. The summed E-state index contributed by atoms with van der Waals surface area (Å²) in [6.45, 7) is 0. The summed E-state index contributed by atoms with van der Waals surface area (Å²) in [5.74, 6) is -2.52. The Morgan fingerprint density at radius 1 is 1.10 bits per heavy atom. The van der Waals surface area contributed by atoms with Crippen LogP contribution in [0.1, 0.15) is 10.4 Å². The molecule has 0 bridgehead atoms. The fraction of sp³-hybridized carbons (Fsp3) is 0. The van der Waals surface area contributed by atoms with Crippen LogP contribution in [0.4, 0.5) is 10.1 Å². The van der Waals surface area contributed by atoms with E-state index in [1.165, 1.54) is 0 Å². The molecule has 0 heterocycles. The van der Waals surface area contributed by atoms with Gasteiger partial charge in [0.2, 0.25) is 0 Å².